The average Bonchev–Trinajstić information content (AvgIpc) is 2.27. The maximum atomic E-state index is 10.6. The van der Waals surface area contributed by atoms with Crippen LogP contribution >= 0.6 is 0 Å². The fourth-order valence-electron chi connectivity index (χ4n) is 2.33. The molecule has 1 atom stereocenters. The lowest BCUT2D eigenvalue weighted by molar-refractivity contribution is -0.137. The van der Waals surface area contributed by atoms with Crippen LogP contribution in [-0.4, -0.2) is 35.1 Å². The number of benzene rings is 1. The molecule has 1 aliphatic rings. The van der Waals surface area contributed by atoms with Crippen LogP contribution in [-0.2, 0) is 17.8 Å². The second-order valence-corrected chi connectivity index (χ2v) is 4.61. The summed E-state index contributed by atoms with van der Waals surface area (Å²) in [7, 11) is 0. The molecule has 0 saturated heterocycles. The van der Waals surface area contributed by atoms with Gasteiger partial charge in [0.25, 0.3) is 0 Å². The molecule has 3 N–H and O–H groups in total. The number of hydrogen-bond acceptors (Lipinski definition) is 3. The van der Waals surface area contributed by atoms with Crippen molar-refractivity contribution < 1.29 is 9.90 Å². The van der Waals surface area contributed by atoms with Crippen molar-refractivity contribution in [1.82, 2.24) is 4.90 Å². The molecule has 92 valence electrons. The van der Waals surface area contributed by atoms with E-state index >= 15 is 0 Å². The highest BCUT2D eigenvalue weighted by Crippen LogP contribution is 2.18. The molecule has 17 heavy (non-hydrogen) atoms. The summed E-state index contributed by atoms with van der Waals surface area (Å²) in [5.74, 6) is -0.824. The minimum absolute atomic E-state index is 0.0398. The molecular weight excluding hydrogens is 216 g/mol. The Hall–Kier alpha value is -1.39. The second-order valence-electron chi connectivity index (χ2n) is 4.61. The Labute approximate surface area is 101 Å². The molecule has 0 spiro atoms. The van der Waals surface area contributed by atoms with Crippen LogP contribution < -0.4 is 5.73 Å². The molecule has 0 aliphatic carbocycles. The lowest BCUT2D eigenvalue weighted by Gasteiger charge is -2.30. The van der Waals surface area contributed by atoms with Gasteiger partial charge in [0.15, 0.2) is 0 Å². The van der Waals surface area contributed by atoms with Crippen LogP contribution in [0.25, 0.3) is 0 Å². The van der Waals surface area contributed by atoms with Crippen LogP contribution in [0.4, 0.5) is 0 Å². The SMILES string of the molecule is NC(CC(=O)O)CN1CCc2ccccc2C1. The third-order valence-electron chi connectivity index (χ3n) is 3.14. The Bertz CT molecular complexity index is 406. The summed E-state index contributed by atoms with van der Waals surface area (Å²) >= 11 is 0. The summed E-state index contributed by atoms with van der Waals surface area (Å²) in [6.45, 7) is 2.49. The largest absolute Gasteiger partial charge is 0.481 e. The van der Waals surface area contributed by atoms with Gasteiger partial charge in [0.1, 0.15) is 0 Å². The van der Waals surface area contributed by atoms with E-state index in [-0.39, 0.29) is 12.5 Å². The molecule has 0 fully saturated rings. The quantitative estimate of drug-likeness (QED) is 0.810. The first kappa shape index (κ1) is 12.1. The van der Waals surface area contributed by atoms with Crippen LogP contribution in [0.15, 0.2) is 24.3 Å². The Kier molecular flexibility index (Phi) is 3.76. The van der Waals surface area contributed by atoms with Crippen LogP contribution in [0.5, 0.6) is 0 Å². The van der Waals surface area contributed by atoms with Gasteiger partial charge in [-0.15, -0.1) is 0 Å². The first-order chi connectivity index (χ1) is 8.15. The van der Waals surface area contributed by atoms with E-state index in [2.05, 4.69) is 23.1 Å². The van der Waals surface area contributed by atoms with E-state index in [4.69, 9.17) is 10.8 Å². The van der Waals surface area contributed by atoms with Gasteiger partial charge in [0, 0.05) is 25.7 Å². The van der Waals surface area contributed by atoms with Crippen molar-refractivity contribution in [1.29, 1.82) is 0 Å². The van der Waals surface area contributed by atoms with Gasteiger partial charge in [-0.1, -0.05) is 24.3 Å². The van der Waals surface area contributed by atoms with E-state index in [1.54, 1.807) is 0 Å². The average molecular weight is 234 g/mol. The zero-order valence-corrected chi connectivity index (χ0v) is 9.80. The molecule has 0 bridgehead atoms. The smallest absolute Gasteiger partial charge is 0.304 e. The number of nitrogens with two attached hydrogens (primary N) is 1. The third kappa shape index (κ3) is 3.28. The van der Waals surface area contributed by atoms with E-state index in [1.165, 1.54) is 11.1 Å². The fourth-order valence-corrected chi connectivity index (χ4v) is 2.33. The maximum Gasteiger partial charge on any atom is 0.304 e. The summed E-state index contributed by atoms with van der Waals surface area (Å²) < 4.78 is 0. The van der Waals surface area contributed by atoms with E-state index in [0.717, 1.165) is 19.5 Å². The zero-order valence-electron chi connectivity index (χ0n) is 9.80. The molecule has 1 aromatic rings. The predicted octanol–water partition coefficient (Wildman–Crippen LogP) is 0.847. The lowest BCUT2D eigenvalue weighted by Crippen LogP contribution is -2.41. The van der Waals surface area contributed by atoms with E-state index in [0.29, 0.717) is 6.54 Å². The van der Waals surface area contributed by atoms with Crippen molar-refractivity contribution in [2.45, 2.75) is 25.4 Å². The Balaban J connectivity index is 1.92. The van der Waals surface area contributed by atoms with Crippen LogP contribution in [0.1, 0.15) is 17.5 Å². The Morgan fingerprint density at radius 2 is 2.12 bits per heavy atom. The van der Waals surface area contributed by atoms with Gasteiger partial charge < -0.3 is 10.8 Å². The van der Waals surface area contributed by atoms with Crippen molar-refractivity contribution in [2.24, 2.45) is 5.73 Å². The number of carboxylic acids is 1. The molecular formula is C13H18N2O2. The van der Waals surface area contributed by atoms with Crippen molar-refractivity contribution >= 4 is 5.97 Å². The summed E-state index contributed by atoms with van der Waals surface area (Å²) in [5, 5.41) is 8.67. The van der Waals surface area contributed by atoms with Gasteiger partial charge in [-0.2, -0.15) is 0 Å². The minimum atomic E-state index is -0.824. The second kappa shape index (κ2) is 5.29. The molecule has 1 aromatic carbocycles. The van der Waals surface area contributed by atoms with Gasteiger partial charge in [0.05, 0.1) is 6.42 Å². The molecule has 4 nitrogen and oxygen atoms in total. The maximum absolute atomic E-state index is 10.6. The number of nitrogens with zero attached hydrogens (tertiary/aromatic N) is 1. The van der Waals surface area contributed by atoms with E-state index < -0.39 is 5.97 Å². The summed E-state index contributed by atoms with van der Waals surface area (Å²) in [6.07, 6.45) is 1.06. The topological polar surface area (TPSA) is 66.6 Å². The number of carbonyl (C=O) groups is 1. The standard InChI is InChI=1S/C13H18N2O2/c14-12(7-13(16)17)9-15-6-5-10-3-1-2-4-11(10)8-15/h1-4,12H,5-9,14H2,(H,16,17). The molecule has 0 saturated carbocycles. The molecule has 1 heterocycles. The van der Waals surface area contributed by atoms with Crippen molar-refractivity contribution in [2.75, 3.05) is 13.1 Å². The normalized spacial score (nSPS) is 17.5. The minimum Gasteiger partial charge on any atom is -0.481 e. The van der Waals surface area contributed by atoms with Gasteiger partial charge in [0.2, 0.25) is 0 Å². The molecule has 2 rings (SSSR count). The number of hydrogen-bond donors (Lipinski definition) is 2. The molecule has 0 radical (unpaired) electrons. The number of fused-ring (bicyclic) bond motifs is 1. The highest BCUT2D eigenvalue weighted by Gasteiger charge is 2.18. The third-order valence-corrected chi connectivity index (χ3v) is 3.14. The van der Waals surface area contributed by atoms with Crippen molar-refractivity contribution in [3.05, 3.63) is 35.4 Å². The highest BCUT2D eigenvalue weighted by molar-refractivity contribution is 5.67. The highest BCUT2D eigenvalue weighted by atomic mass is 16.4. The molecule has 0 aromatic heterocycles. The lowest BCUT2D eigenvalue weighted by atomic mass is 9.99. The predicted molar refractivity (Wildman–Crippen MR) is 65.7 cm³/mol. The van der Waals surface area contributed by atoms with Gasteiger partial charge in [-0.05, 0) is 17.5 Å². The van der Waals surface area contributed by atoms with Gasteiger partial charge in [-0.3, -0.25) is 9.69 Å². The van der Waals surface area contributed by atoms with Crippen LogP contribution in [0.2, 0.25) is 0 Å². The zero-order chi connectivity index (χ0) is 12.3. The molecule has 0 amide bonds. The molecule has 4 heteroatoms. The molecule has 1 unspecified atom stereocenters. The van der Waals surface area contributed by atoms with Crippen molar-refractivity contribution in [3.63, 3.8) is 0 Å². The first-order valence-electron chi connectivity index (χ1n) is 5.91. The van der Waals surface area contributed by atoms with E-state index in [9.17, 15) is 4.79 Å². The Morgan fingerprint density at radius 1 is 1.41 bits per heavy atom. The summed E-state index contributed by atoms with van der Waals surface area (Å²) in [5.41, 5.74) is 8.54. The Morgan fingerprint density at radius 3 is 2.82 bits per heavy atom. The monoisotopic (exact) mass is 234 g/mol. The van der Waals surface area contributed by atoms with Crippen LogP contribution in [0, 0.1) is 0 Å². The summed E-state index contributed by atoms with van der Waals surface area (Å²) in [4.78, 5) is 12.8. The number of carboxylic acid groups (broad SMARTS) is 1. The first-order valence-corrected chi connectivity index (χ1v) is 5.91. The molecule has 1 aliphatic heterocycles. The number of rotatable bonds is 4. The summed E-state index contributed by atoms with van der Waals surface area (Å²) in [6, 6.07) is 8.11. The van der Waals surface area contributed by atoms with Crippen LogP contribution in [0.3, 0.4) is 0 Å². The van der Waals surface area contributed by atoms with Crippen molar-refractivity contribution in [3.8, 4) is 0 Å². The van der Waals surface area contributed by atoms with Gasteiger partial charge >= 0.3 is 5.97 Å². The van der Waals surface area contributed by atoms with E-state index in [1.807, 2.05) is 6.07 Å². The van der Waals surface area contributed by atoms with Gasteiger partial charge in [-0.25, -0.2) is 0 Å². The number of aliphatic carboxylic acids is 1. The fraction of sp³-hybridized carbons (Fsp3) is 0.462.